The highest BCUT2D eigenvalue weighted by Crippen LogP contribution is 2.33. The van der Waals surface area contributed by atoms with Crippen LogP contribution in [-0.2, 0) is 11.3 Å². The topological polar surface area (TPSA) is 92.8 Å². The van der Waals surface area contributed by atoms with E-state index in [1.807, 2.05) is 47.2 Å². The molecule has 0 aliphatic carbocycles. The summed E-state index contributed by atoms with van der Waals surface area (Å²) < 4.78 is 6.78. The number of carbonyl (C=O) groups is 1. The van der Waals surface area contributed by atoms with Gasteiger partial charge in [-0.25, -0.2) is 9.89 Å². The second-order valence-corrected chi connectivity index (χ2v) is 7.43. The summed E-state index contributed by atoms with van der Waals surface area (Å²) in [7, 11) is 1.31. The molecule has 0 saturated carbocycles. The molecule has 3 heterocycles. The van der Waals surface area contributed by atoms with Gasteiger partial charge in [-0.05, 0) is 17.2 Å². The lowest BCUT2D eigenvalue weighted by molar-refractivity contribution is 0.0600. The lowest BCUT2D eigenvalue weighted by Crippen LogP contribution is -2.16. The van der Waals surface area contributed by atoms with E-state index in [0.29, 0.717) is 17.8 Å². The van der Waals surface area contributed by atoms with E-state index in [1.165, 1.54) is 7.11 Å². The average molecular weight is 412 g/mol. The molecule has 0 radical (unpaired) electrons. The van der Waals surface area contributed by atoms with Crippen LogP contribution in [0.15, 0.2) is 78.0 Å². The van der Waals surface area contributed by atoms with Crippen molar-refractivity contribution < 1.29 is 9.53 Å². The standard InChI is InChI=1S/C24H20N4O3/c1-31-24(30)20-14-28(13-19-22(20)26-27-23(19)29)12-18(15-7-3-2-4-8-15)17-11-25-21-10-6-5-9-16(17)21/h2-11,13-14,18,25H,12H2,1H3,(H,27,29)/t18-/m0/s1. The van der Waals surface area contributed by atoms with Crippen molar-refractivity contribution in [2.75, 3.05) is 7.11 Å². The molecule has 0 saturated heterocycles. The van der Waals surface area contributed by atoms with E-state index in [4.69, 9.17) is 4.74 Å². The Kier molecular flexibility index (Phi) is 4.63. The minimum atomic E-state index is -0.533. The minimum absolute atomic E-state index is 0.00713. The number of hydrogen-bond acceptors (Lipinski definition) is 4. The third-order valence-electron chi connectivity index (χ3n) is 5.61. The maximum Gasteiger partial charge on any atom is 0.341 e. The van der Waals surface area contributed by atoms with Gasteiger partial charge >= 0.3 is 5.97 Å². The summed E-state index contributed by atoms with van der Waals surface area (Å²) in [6, 6.07) is 18.3. The number of aromatic nitrogens is 4. The van der Waals surface area contributed by atoms with E-state index in [0.717, 1.165) is 22.0 Å². The summed E-state index contributed by atoms with van der Waals surface area (Å²) in [4.78, 5) is 28.0. The first-order valence-electron chi connectivity index (χ1n) is 9.93. The van der Waals surface area contributed by atoms with Gasteiger partial charge in [0.2, 0.25) is 0 Å². The van der Waals surface area contributed by atoms with Crippen LogP contribution in [0, 0.1) is 0 Å². The SMILES string of the molecule is COC(=O)c1cn(C[C@@H](c2ccccc2)c2c[nH]c3ccccc23)cc2c(=O)[nH]nc1-2. The van der Waals surface area contributed by atoms with Crippen molar-refractivity contribution in [3.05, 3.63) is 100 Å². The molecule has 1 atom stereocenters. The molecule has 7 nitrogen and oxygen atoms in total. The third kappa shape index (κ3) is 3.30. The number of pyridine rings is 1. The summed E-state index contributed by atoms with van der Waals surface area (Å²) in [6.07, 6.45) is 5.46. The molecular weight excluding hydrogens is 392 g/mol. The zero-order chi connectivity index (χ0) is 21.4. The van der Waals surface area contributed by atoms with E-state index < -0.39 is 5.97 Å². The number of nitrogens with one attached hydrogen (secondary N) is 2. The number of esters is 1. The number of para-hydroxylation sites is 1. The normalized spacial score (nSPS) is 12.3. The molecule has 1 aromatic heterocycles. The zero-order valence-electron chi connectivity index (χ0n) is 16.8. The molecule has 0 spiro atoms. The predicted octanol–water partition coefficient (Wildman–Crippen LogP) is 3.78. The lowest BCUT2D eigenvalue weighted by Gasteiger charge is -2.20. The number of benzene rings is 2. The molecule has 0 amide bonds. The minimum Gasteiger partial charge on any atom is -0.465 e. The van der Waals surface area contributed by atoms with E-state index >= 15 is 0 Å². The van der Waals surface area contributed by atoms with Crippen molar-refractivity contribution in [1.82, 2.24) is 19.7 Å². The maximum atomic E-state index is 12.4. The first kappa shape index (κ1) is 18.9. The van der Waals surface area contributed by atoms with Gasteiger partial charge in [0, 0.05) is 42.0 Å². The van der Waals surface area contributed by atoms with E-state index in [2.05, 4.69) is 33.4 Å². The number of hydrogen-bond donors (Lipinski definition) is 2. The monoisotopic (exact) mass is 412 g/mol. The Morgan fingerprint density at radius 3 is 2.68 bits per heavy atom. The van der Waals surface area contributed by atoms with Gasteiger partial charge < -0.3 is 14.3 Å². The molecule has 3 aromatic rings. The molecule has 2 N–H and O–H groups in total. The molecule has 2 aliphatic rings. The van der Waals surface area contributed by atoms with Crippen LogP contribution in [0.25, 0.3) is 22.2 Å². The van der Waals surface area contributed by atoms with Crippen molar-refractivity contribution >= 4 is 16.9 Å². The van der Waals surface area contributed by atoms with Gasteiger partial charge in [0.15, 0.2) is 0 Å². The molecule has 2 aromatic carbocycles. The highest BCUT2D eigenvalue weighted by molar-refractivity contribution is 5.96. The van der Waals surface area contributed by atoms with Crippen LogP contribution < -0.4 is 5.56 Å². The van der Waals surface area contributed by atoms with Gasteiger partial charge in [0.05, 0.1) is 12.7 Å². The fraction of sp³-hybridized carbons (Fsp3) is 0.125. The molecular formula is C24H20N4O3. The van der Waals surface area contributed by atoms with Crippen LogP contribution in [0.2, 0.25) is 0 Å². The number of ether oxygens (including phenoxy) is 1. The second-order valence-electron chi connectivity index (χ2n) is 7.43. The number of fused-ring (bicyclic) bond motifs is 2. The van der Waals surface area contributed by atoms with Crippen molar-refractivity contribution in [3.63, 3.8) is 0 Å². The van der Waals surface area contributed by atoms with Gasteiger partial charge in [0.25, 0.3) is 5.56 Å². The van der Waals surface area contributed by atoms with Crippen molar-refractivity contribution in [3.8, 4) is 11.3 Å². The molecule has 154 valence electrons. The number of methoxy groups -OCH3 is 1. The fourth-order valence-electron chi connectivity index (χ4n) is 4.12. The number of aromatic amines is 2. The Balaban J connectivity index is 1.66. The lowest BCUT2D eigenvalue weighted by atomic mass is 9.90. The number of rotatable bonds is 5. The maximum absolute atomic E-state index is 12.4. The summed E-state index contributed by atoms with van der Waals surface area (Å²) in [5.74, 6) is -0.540. The van der Waals surface area contributed by atoms with Gasteiger partial charge in [-0.3, -0.25) is 4.79 Å². The van der Waals surface area contributed by atoms with Gasteiger partial charge in [-0.2, -0.15) is 5.10 Å². The molecule has 7 heteroatoms. The van der Waals surface area contributed by atoms with Crippen LogP contribution in [0.4, 0.5) is 0 Å². The molecule has 0 unspecified atom stereocenters. The Morgan fingerprint density at radius 1 is 1.10 bits per heavy atom. The Bertz CT molecular complexity index is 1400. The smallest absolute Gasteiger partial charge is 0.341 e. The Labute approximate surface area is 177 Å². The van der Waals surface area contributed by atoms with Crippen molar-refractivity contribution in [2.24, 2.45) is 0 Å². The highest BCUT2D eigenvalue weighted by atomic mass is 16.5. The average Bonchev–Trinajstić information content (AvgIpc) is 3.41. The summed E-state index contributed by atoms with van der Waals surface area (Å²) in [5, 5.41) is 7.57. The quantitative estimate of drug-likeness (QED) is 0.430. The van der Waals surface area contributed by atoms with Crippen molar-refractivity contribution in [1.29, 1.82) is 0 Å². The predicted molar refractivity (Wildman–Crippen MR) is 117 cm³/mol. The first-order chi connectivity index (χ1) is 15.2. The molecule has 31 heavy (non-hydrogen) atoms. The van der Waals surface area contributed by atoms with E-state index in [1.54, 1.807) is 12.4 Å². The number of H-pyrrole nitrogens is 2. The fourth-order valence-corrected chi connectivity index (χ4v) is 4.12. The summed E-state index contributed by atoms with van der Waals surface area (Å²) in [6.45, 7) is 0.524. The summed E-state index contributed by atoms with van der Waals surface area (Å²) >= 11 is 0. The molecule has 0 fully saturated rings. The van der Waals surface area contributed by atoms with E-state index in [-0.39, 0.29) is 17.0 Å². The number of carbonyl (C=O) groups excluding carboxylic acids is 1. The highest BCUT2D eigenvalue weighted by Gasteiger charge is 2.24. The van der Waals surface area contributed by atoms with Crippen LogP contribution in [0.3, 0.4) is 0 Å². The van der Waals surface area contributed by atoms with Gasteiger partial charge in [-0.1, -0.05) is 48.5 Å². The molecule has 0 bridgehead atoms. The van der Waals surface area contributed by atoms with E-state index in [9.17, 15) is 9.59 Å². The van der Waals surface area contributed by atoms with Gasteiger partial charge in [-0.15, -0.1) is 0 Å². The Hall–Kier alpha value is -4.13. The molecule has 5 rings (SSSR count). The second kappa shape index (κ2) is 7.60. The van der Waals surface area contributed by atoms with Crippen LogP contribution in [0.5, 0.6) is 0 Å². The first-order valence-corrected chi connectivity index (χ1v) is 9.93. The Morgan fingerprint density at radius 2 is 1.87 bits per heavy atom. The van der Waals surface area contributed by atoms with Crippen molar-refractivity contribution in [2.45, 2.75) is 12.5 Å². The largest absolute Gasteiger partial charge is 0.465 e. The van der Waals surface area contributed by atoms with Crippen LogP contribution >= 0.6 is 0 Å². The van der Waals surface area contributed by atoms with Gasteiger partial charge in [0.1, 0.15) is 11.3 Å². The summed E-state index contributed by atoms with van der Waals surface area (Å²) in [5.41, 5.74) is 3.93. The third-order valence-corrected chi connectivity index (χ3v) is 5.61. The van der Waals surface area contributed by atoms with Crippen LogP contribution in [-0.4, -0.2) is 32.8 Å². The zero-order valence-corrected chi connectivity index (χ0v) is 16.8. The van der Waals surface area contributed by atoms with Crippen LogP contribution in [0.1, 0.15) is 27.4 Å². The number of nitrogens with zero attached hydrogens (tertiary/aromatic N) is 2. The molecule has 2 aliphatic heterocycles.